The monoisotopic (exact) mass is 466 g/mol. The van der Waals surface area contributed by atoms with Gasteiger partial charge in [-0.25, -0.2) is 28.7 Å². The first-order chi connectivity index (χ1) is 15.6. The van der Waals surface area contributed by atoms with E-state index in [0.29, 0.717) is 12.4 Å². The standard InChI is InChI=1S/C21H19F5N6O/c1-3-32(12(2)9-29-20-30-10-13(11-31-20)21(24,25)26)19(33)14-5-6-15(22)17(23)16(14)18-27-7-4-8-28-18/h4-8,10-12H,3,9H2,1-2H3,(H,29,30,31)/t12-/m0/s1. The van der Waals surface area contributed by atoms with Crippen LogP contribution in [0, 0.1) is 11.6 Å². The van der Waals surface area contributed by atoms with Crippen LogP contribution in [0.25, 0.3) is 11.4 Å². The molecular formula is C21H19F5N6O. The number of rotatable bonds is 7. The Kier molecular flexibility index (Phi) is 7.14. The largest absolute Gasteiger partial charge is 0.419 e. The summed E-state index contributed by atoms with van der Waals surface area (Å²) in [6, 6.07) is 3.00. The number of halogens is 5. The van der Waals surface area contributed by atoms with Gasteiger partial charge in [-0.3, -0.25) is 4.79 Å². The molecule has 0 radical (unpaired) electrons. The summed E-state index contributed by atoms with van der Waals surface area (Å²) in [5.74, 6) is -3.18. The summed E-state index contributed by atoms with van der Waals surface area (Å²) in [5, 5.41) is 2.77. The molecule has 3 aromatic rings. The van der Waals surface area contributed by atoms with Crippen molar-refractivity contribution >= 4 is 11.9 Å². The van der Waals surface area contributed by atoms with Crippen molar-refractivity contribution in [2.24, 2.45) is 0 Å². The van der Waals surface area contributed by atoms with Crippen LogP contribution in [0.15, 0.2) is 43.0 Å². The maximum atomic E-state index is 14.6. The zero-order valence-electron chi connectivity index (χ0n) is 17.6. The molecule has 1 atom stereocenters. The molecule has 0 unspecified atom stereocenters. The average molecular weight is 466 g/mol. The van der Waals surface area contributed by atoms with Gasteiger partial charge in [0.25, 0.3) is 5.91 Å². The van der Waals surface area contributed by atoms with Gasteiger partial charge in [0.1, 0.15) is 0 Å². The van der Waals surface area contributed by atoms with Crippen LogP contribution in [0.3, 0.4) is 0 Å². The van der Waals surface area contributed by atoms with Crippen LogP contribution < -0.4 is 5.32 Å². The van der Waals surface area contributed by atoms with Crippen molar-refractivity contribution in [2.75, 3.05) is 18.4 Å². The van der Waals surface area contributed by atoms with E-state index in [2.05, 4.69) is 25.3 Å². The molecule has 7 nitrogen and oxygen atoms in total. The molecule has 0 saturated heterocycles. The van der Waals surface area contributed by atoms with E-state index >= 15 is 0 Å². The third-order valence-electron chi connectivity index (χ3n) is 4.78. The maximum absolute atomic E-state index is 14.6. The second-order valence-corrected chi connectivity index (χ2v) is 6.97. The van der Waals surface area contributed by atoms with Gasteiger partial charge in [0.15, 0.2) is 17.5 Å². The molecule has 0 saturated carbocycles. The van der Waals surface area contributed by atoms with E-state index in [4.69, 9.17) is 0 Å². The fourth-order valence-electron chi connectivity index (χ4n) is 3.10. The average Bonchev–Trinajstić information content (AvgIpc) is 2.80. The Balaban J connectivity index is 1.81. The number of anilines is 1. The summed E-state index contributed by atoms with van der Waals surface area (Å²) in [6.07, 6.45) is -0.571. The zero-order valence-corrected chi connectivity index (χ0v) is 17.6. The van der Waals surface area contributed by atoms with Crippen LogP contribution in [0.4, 0.5) is 27.9 Å². The van der Waals surface area contributed by atoms with Crippen LogP contribution in [-0.2, 0) is 6.18 Å². The van der Waals surface area contributed by atoms with E-state index in [0.717, 1.165) is 12.1 Å². The number of nitrogens with zero attached hydrogens (tertiary/aromatic N) is 5. The lowest BCUT2D eigenvalue weighted by Gasteiger charge is -2.29. The number of aromatic nitrogens is 4. The molecule has 1 amide bonds. The SMILES string of the molecule is CCN(C(=O)c1ccc(F)c(F)c1-c1ncccn1)[C@@H](C)CNc1ncc(C(F)(F)F)cn1. The van der Waals surface area contributed by atoms with Gasteiger partial charge in [-0.1, -0.05) is 0 Å². The van der Waals surface area contributed by atoms with Gasteiger partial charge in [0.05, 0.1) is 16.7 Å². The Morgan fingerprint density at radius 1 is 1.09 bits per heavy atom. The van der Waals surface area contributed by atoms with E-state index in [9.17, 15) is 26.7 Å². The summed E-state index contributed by atoms with van der Waals surface area (Å²) in [7, 11) is 0. The van der Waals surface area contributed by atoms with Gasteiger partial charge in [-0.05, 0) is 32.0 Å². The molecule has 2 heterocycles. The first-order valence-electron chi connectivity index (χ1n) is 9.83. The van der Waals surface area contributed by atoms with E-state index in [-0.39, 0.29) is 36.0 Å². The second kappa shape index (κ2) is 9.84. The molecule has 33 heavy (non-hydrogen) atoms. The summed E-state index contributed by atoms with van der Waals surface area (Å²) >= 11 is 0. The van der Waals surface area contributed by atoms with Gasteiger partial charge in [-0.2, -0.15) is 13.2 Å². The minimum absolute atomic E-state index is 0.0513. The summed E-state index contributed by atoms with van der Waals surface area (Å²) < 4.78 is 66.5. The van der Waals surface area contributed by atoms with Crippen molar-refractivity contribution in [1.82, 2.24) is 24.8 Å². The molecule has 12 heteroatoms. The van der Waals surface area contributed by atoms with Crippen LogP contribution in [-0.4, -0.2) is 49.9 Å². The normalized spacial score (nSPS) is 12.3. The van der Waals surface area contributed by atoms with Gasteiger partial charge in [0, 0.05) is 43.9 Å². The van der Waals surface area contributed by atoms with Crippen LogP contribution >= 0.6 is 0 Å². The minimum atomic E-state index is -4.55. The van der Waals surface area contributed by atoms with Crippen molar-refractivity contribution in [3.05, 3.63) is 65.7 Å². The van der Waals surface area contributed by atoms with E-state index < -0.39 is 35.3 Å². The first-order valence-corrected chi connectivity index (χ1v) is 9.83. The number of amides is 1. The van der Waals surface area contributed by atoms with E-state index in [1.807, 2.05) is 0 Å². The molecule has 0 spiro atoms. The topological polar surface area (TPSA) is 83.9 Å². The van der Waals surface area contributed by atoms with E-state index in [1.54, 1.807) is 13.8 Å². The van der Waals surface area contributed by atoms with Gasteiger partial charge >= 0.3 is 6.18 Å². The summed E-state index contributed by atoms with van der Waals surface area (Å²) in [5.41, 5.74) is -1.47. The van der Waals surface area contributed by atoms with Crippen molar-refractivity contribution < 1.29 is 26.7 Å². The molecule has 1 aromatic carbocycles. The number of likely N-dealkylation sites (N-methyl/N-ethyl adjacent to an activating group) is 1. The van der Waals surface area contributed by atoms with Crippen molar-refractivity contribution in [3.63, 3.8) is 0 Å². The number of hydrogen-bond acceptors (Lipinski definition) is 6. The zero-order chi connectivity index (χ0) is 24.2. The summed E-state index contributed by atoms with van der Waals surface area (Å²) in [4.78, 5) is 29.7. The highest BCUT2D eigenvalue weighted by molar-refractivity contribution is 6.00. The number of nitrogens with one attached hydrogen (secondary N) is 1. The molecule has 0 bridgehead atoms. The van der Waals surface area contributed by atoms with Crippen molar-refractivity contribution in [1.29, 1.82) is 0 Å². The predicted molar refractivity (Wildman–Crippen MR) is 109 cm³/mol. The number of hydrogen-bond donors (Lipinski definition) is 1. The third kappa shape index (κ3) is 5.38. The third-order valence-corrected chi connectivity index (χ3v) is 4.78. The lowest BCUT2D eigenvalue weighted by Crippen LogP contribution is -2.42. The molecule has 1 N–H and O–H groups in total. The fourth-order valence-corrected chi connectivity index (χ4v) is 3.10. The Bertz CT molecular complexity index is 1110. The molecule has 174 valence electrons. The van der Waals surface area contributed by atoms with Gasteiger partial charge in [0.2, 0.25) is 5.95 Å². The minimum Gasteiger partial charge on any atom is -0.352 e. The van der Waals surface area contributed by atoms with Crippen molar-refractivity contribution in [2.45, 2.75) is 26.1 Å². The van der Waals surface area contributed by atoms with Gasteiger partial charge < -0.3 is 10.2 Å². The molecule has 0 aliphatic heterocycles. The second-order valence-electron chi connectivity index (χ2n) is 6.97. The van der Waals surface area contributed by atoms with Crippen molar-refractivity contribution in [3.8, 4) is 11.4 Å². The summed E-state index contributed by atoms with van der Waals surface area (Å²) in [6.45, 7) is 3.67. The molecule has 0 aliphatic carbocycles. The number of benzene rings is 1. The highest BCUT2D eigenvalue weighted by atomic mass is 19.4. The Hall–Kier alpha value is -3.70. The predicted octanol–water partition coefficient (Wildman–Crippen LogP) is 4.19. The Morgan fingerprint density at radius 2 is 1.73 bits per heavy atom. The highest BCUT2D eigenvalue weighted by Crippen LogP contribution is 2.29. The molecule has 0 fully saturated rings. The highest BCUT2D eigenvalue weighted by Gasteiger charge is 2.31. The Morgan fingerprint density at radius 3 is 2.30 bits per heavy atom. The van der Waals surface area contributed by atoms with Crippen LogP contribution in [0.2, 0.25) is 0 Å². The van der Waals surface area contributed by atoms with E-state index in [1.165, 1.54) is 23.4 Å². The number of carbonyl (C=O) groups excluding carboxylic acids is 1. The lowest BCUT2D eigenvalue weighted by molar-refractivity contribution is -0.138. The molecule has 0 aliphatic rings. The van der Waals surface area contributed by atoms with Gasteiger partial charge in [-0.15, -0.1) is 0 Å². The Labute approximate surface area is 185 Å². The smallest absolute Gasteiger partial charge is 0.352 e. The van der Waals surface area contributed by atoms with Crippen LogP contribution in [0.5, 0.6) is 0 Å². The molecule has 3 rings (SSSR count). The number of carbonyl (C=O) groups is 1. The maximum Gasteiger partial charge on any atom is 0.419 e. The lowest BCUT2D eigenvalue weighted by atomic mass is 10.0. The molecule has 2 aromatic heterocycles. The fraction of sp³-hybridized carbons (Fsp3) is 0.286. The quantitative estimate of drug-likeness (QED) is 0.526. The number of alkyl halides is 3. The van der Waals surface area contributed by atoms with Crippen LogP contribution in [0.1, 0.15) is 29.8 Å². The molecular weight excluding hydrogens is 447 g/mol. The first kappa shape index (κ1) is 24.0.